The van der Waals surface area contributed by atoms with Gasteiger partial charge in [-0.05, 0) is 25.6 Å². The molecule has 30 heavy (non-hydrogen) atoms. The number of H-pyrrole nitrogens is 1. The summed E-state index contributed by atoms with van der Waals surface area (Å²) in [6.07, 6.45) is 8.79. The van der Waals surface area contributed by atoms with E-state index in [1.54, 1.807) is 18.6 Å². The molecule has 4 aromatic rings. The summed E-state index contributed by atoms with van der Waals surface area (Å²) in [4.78, 5) is 34.6. The zero-order chi connectivity index (χ0) is 20.9. The Hall–Kier alpha value is -3.65. The van der Waals surface area contributed by atoms with E-state index in [0.29, 0.717) is 17.2 Å². The first-order valence-electron chi connectivity index (χ1n) is 9.71. The summed E-state index contributed by atoms with van der Waals surface area (Å²) in [5.74, 6) is 0.519. The second-order valence-corrected chi connectivity index (χ2v) is 7.21. The van der Waals surface area contributed by atoms with Gasteiger partial charge in [0.05, 0.1) is 17.7 Å². The molecule has 0 fully saturated rings. The lowest BCUT2D eigenvalue weighted by Crippen LogP contribution is -2.22. The summed E-state index contributed by atoms with van der Waals surface area (Å²) in [6, 6.07) is 9.51. The Morgan fingerprint density at radius 1 is 1.13 bits per heavy atom. The minimum absolute atomic E-state index is 0.220. The predicted molar refractivity (Wildman–Crippen MR) is 115 cm³/mol. The van der Waals surface area contributed by atoms with Gasteiger partial charge in [0.1, 0.15) is 11.5 Å². The molecule has 0 saturated heterocycles. The summed E-state index contributed by atoms with van der Waals surface area (Å²) in [7, 11) is 2.08. The van der Waals surface area contributed by atoms with Crippen molar-refractivity contribution in [1.82, 2.24) is 34.4 Å². The van der Waals surface area contributed by atoms with Crippen molar-refractivity contribution >= 4 is 0 Å². The van der Waals surface area contributed by atoms with E-state index in [-0.39, 0.29) is 5.56 Å². The molecule has 152 valence electrons. The van der Waals surface area contributed by atoms with Crippen molar-refractivity contribution in [1.29, 1.82) is 0 Å². The van der Waals surface area contributed by atoms with E-state index in [1.165, 1.54) is 6.07 Å². The largest absolute Gasteiger partial charge is 0.336 e. The molecule has 0 aliphatic carbocycles. The highest BCUT2D eigenvalue weighted by Gasteiger charge is 2.11. The number of nitrogens with zero attached hydrogens (tertiary/aromatic N) is 6. The van der Waals surface area contributed by atoms with Gasteiger partial charge < -0.3 is 14.5 Å². The van der Waals surface area contributed by atoms with Gasteiger partial charge in [-0.3, -0.25) is 14.8 Å². The number of benzene rings is 1. The molecule has 0 atom stereocenters. The van der Waals surface area contributed by atoms with Crippen LogP contribution >= 0.6 is 0 Å². The Balaban J connectivity index is 1.55. The third-order valence-corrected chi connectivity index (χ3v) is 4.82. The van der Waals surface area contributed by atoms with Crippen LogP contribution in [0.4, 0.5) is 0 Å². The average molecular weight is 401 g/mol. The van der Waals surface area contributed by atoms with Crippen molar-refractivity contribution in [2.24, 2.45) is 0 Å². The first kappa shape index (κ1) is 19.7. The van der Waals surface area contributed by atoms with Crippen LogP contribution in [0, 0.1) is 6.92 Å². The first-order chi connectivity index (χ1) is 14.6. The maximum Gasteiger partial charge on any atom is 0.251 e. The Labute approximate surface area is 174 Å². The smallest absolute Gasteiger partial charge is 0.251 e. The zero-order valence-corrected chi connectivity index (χ0v) is 17.0. The average Bonchev–Trinajstić information content (AvgIpc) is 3.26. The molecule has 0 radical (unpaired) electrons. The predicted octanol–water partition coefficient (Wildman–Crippen LogP) is 2.53. The Morgan fingerprint density at radius 3 is 2.80 bits per heavy atom. The molecule has 0 amide bonds. The molecule has 0 aliphatic rings. The molecule has 4 rings (SSSR count). The molecule has 0 spiro atoms. The third kappa shape index (κ3) is 4.66. The number of aromatic nitrogens is 6. The van der Waals surface area contributed by atoms with Gasteiger partial charge in [-0.25, -0.2) is 9.97 Å². The molecule has 0 aliphatic heterocycles. The van der Waals surface area contributed by atoms with Crippen molar-refractivity contribution in [3.8, 4) is 22.8 Å². The van der Waals surface area contributed by atoms with Crippen LogP contribution in [0.15, 0.2) is 66.2 Å². The molecule has 3 aromatic heterocycles. The quantitative estimate of drug-likeness (QED) is 0.512. The molecule has 8 heteroatoms. The summed E-state index contributed by atoms with van der Waals surface area (Å²) >= 11 is 0. The second kappa shape index (κ2) is 8.79. The summed E-state index contributed by atoms with van der Waals surface area (Å²) in [6.45, 7) is 4.42. The summed E-state index contributed by atoms with van der Waals surface area (Å²) < 4.78 is 2.06. The van der Waals surface area contributed by atoms with Gasteiger partial charge in [0.25, 0.3) is 5.56 Å². The summed E-state index contributed by atoms with van der Waals surface area (Å²) in [5, 5.41) is 0. The van der Waals surface area contributed by atoms with Crippen LogP contribution in [0.1, 0.15) is 11.3 Å². The van der Waals surface area contributed by atoms with Gasteiger partial charge >= 0.3 is 0 Å². The molecule has 1 aromatic carbocycles. The van der Waals surface area contributed by atoms with Crippen molar-refractivity contribution in [3.05, 3.63) is 83.1 Å². The second-order valence-electron chi connectivity index (χ2n) is 7.21. The minimum atomic E-state index is -0.220. The van der Waals surface area contributed by atoms with Gasteiger partial charge in [0, 0.05) is 56.1 Å². The van der Waals surface area contributed by atoms with E-state index >= 15 is 0 Å². The van der Waals surface area contributed by atoms with Crippen LogP contribution in [-0.2, 0) is 13.1 Å². The minimum Gasteiger partial charge on any atom is -0.336 e. The highest BCUT2D eigenvalue weighted by atomic mass is 16.1. The van der Waals surface area contributed by atoms with Crippen LogP contribution in [0.25, 0.3) is 22.8 Å². The fourth-order valence-corrected chi connectivity index (χ4v) is 3.29. The van der Waals surface area contributed by atoms with E-state index in [2.05, 4.69) is 53.6 Å². The number of hydrogen-bond acceptors (Lipinski definition) is 6. The number of aryl methyl sites for hydroxylation is 1. The number of nitrogens with one attached hydrogen (secondary N) is 1. The van der Waals surface area contributed by atoms with Crippen molar-refractivity contribution < 1.29 is 0 Å². The Bertz CT molecular complexity index is 1180. The molecular formula is C22H23N7O. The van der Waals surface area contributed by atoms with Crippen LogP contribution < -0.4 is 5.56 Å². The molecule has 1 N–H and O–H groups in total. The molecule has 0 bridgehead atoms. The summed E-state index contributed by atoms with van der Waals surface area (Å²) in [5.41, 5.74) is 3.64. The van der Waals surface area contributed by atoms with Gasteiger partial charge in [0.2, 0.25) is 0 Å². The van der Waals surface area contributed by atoms with Crippen LogP contribution in [0.3, 0.4) is 0 Å². The number of rotatable bonds is 7. The Kier molecular flexibility index (Phi) is 5.76. The van der Waals surface area contributed by atoms with Gasteiger partial charge in [-0.15, -0.1) is 0 Å². The number of aromatic amines is 1. The van der Waals surface area contributed by atoms with Crippen LogP contribution in [0.2, 0.25) is 0 Å². The number of imidazole rings is 1. The highest BCUT2D eigenvalue weighted by molar-refractivity contribution is 5.62. The lowest BCUT2D eigenvalue weighted by molar-refractivity contribution is 0.311. The SMILES string of the molecule is Cc1nccnc1-c1cc(=O)[nH]c(-c2cccc(CN(C)CCn3ccnc3)c2)n1. The standard InChI is InChI=1S/C22H23N7O/c1-16-21(25-7-6-24-16)19-13-20(30)27-22(26-19)18-5-3-4-17(12-18)14-28(2)10-11-29-9-8-23-15-29/h3-9,12-13,15H,10-11,14H2,1-2H3,(H,26,27,30). The fourth-order valence-electron chi connectivity index (χ4n) is 3.29. The molecule has 0 saturated carbocycles. The number of hydrogen-bond donors (Lipinski definition) is 1. The van der Waals surface area contributed by atoms with Crippen LogP contribution in [-0.4, -0.2) is 48.0 Å². The van der Waals surface area contributed by atoms with E-state index in [4.69, 9.17) is 0 Å². The maximum atomic E-state index is 12.3. The van der Waals surface area contributed by atoms with E-state index in [9.17, 15) is 4.79 Å². The fraction of sp³-hybridized carbons (Fsp3) is 0.227. The monoisotopic (exact) mass is 401 g/mol. The maximum absolute atomic E-state index is 12.3. The third-order valence-electron chi connectivity index (χ3n) is 4.82. The van der Waals surface area contributed by atoms with Crippen molar-refractivity contribution in [2.45, 2.75) is 20.0 Å². The van der Waals surface area contributed by atoms with E-state index in [1.807, 2.05) is 31.6 Å². The van der Waals surface area contributed by atoms with Crippen LogP contribution in [0.5, 0.6) is 0 Å². The zero-order valence-electron chi connectivity index (χ0n) is 17.0. The molecule has 8 nitrogen and oxygen atoms in total. The van der Waals surface area contributed by atoms with Gasteiger partial charge in [-0.2, -0.15) is 0 Å². The van der Waals surface area contributed by atoms with E-state index < -0.39 is 0 Å². The lowest BCUT2D eigenvalue weighted by atomic mass is 10.1. The lowest BCUT2D eigenvalue weighted by Gasteiger charge is -2.17. The number of likely N-dealkylation sites (N-methyl/N-ethyl adjacent to an activating group) is 1. The van der Waals surface area contributed by atoms with Crippen molar-refractivity contribution in [2.75, 3.05) is 13.6 Å². The first-order valence-corrected chi connectivity index (χ1v) is 9.71. The molecular weight excluding hydrogens is 378 g/mol. The van der Waals surface area contributed by atoms with Crippen molar-refractivity contribution in [3.63, 3.8) is 0 Å². The molecule has 0 unspecified atom stereocenters. The van der Waals surface area contributed by atoms with Gasteiger partial charge in [-0.1, -0.05) is 18.2 Å². The topological polar surface area (TPSA) is 92.6 Å². The molecule has 3 heterocycles. The highest BCUT2D eigenvalue weighted by Crippen LogP contribution is 2.20. The Morgan fingerprint density at radius 2 is 2.00 bits per heavy atom. The van der Waals surface area contributed by atoms with Gasteiger partial charge in [0.15, 0.2) is 0 Å². The van der Waals surface area contributed by atoms with E-state index in [0.717, 1.165) is 36.5 Å². The normalized spacial score (nSPS) is 11.2.